The van der Waals surface area contributed by atoms with Crippen LogP contribution in [0.2, 0.25) is 10.0 Å². The van der Waals surface area contributed by atoms with Crippen LogP contribution in [-0.2, 0) is 7.05 Å². The SMILES string of the molecule is COc1cc(OC)c(Cl)c(-c2cc3cnc(SC)nc3c(-c3cnn(C)c3)n2)c1Cl. The lowest BCUT2D eigenvalue weighted by molar-refractivity contribution is 0.395. The second kappa shape index (κ2) is 8.29. The smallest absolute Gasteiger partial charge is 0.187 e. The minimum absolute atomic E-state index is 0.342. The molecule has 0 aliphatic heterocycles. The van der Waals surface area contributed by atoms with E-state index < -0.39 is 0 Å². The summed E-state index contributed by atoms with van der Waals surface area (Å²) in [7, 11) is 4.91. The van der Waals surface area contributed by atoms with Crippen LogP contribution in [0.15, 0.2) is 35.9 Å². The minimum atomic E-state index is 0.342. The largest absolute Gasteiger partial charge is 0.495 e. The number of hydrogen-bond acceptors (Lipinski definition) is 7. The fourth-order valence-corrected chi connectivity index (χ4v) is 4.14. The molecule has 3 heterocycles. The molecule has 0 aliphatic rings. The zero-order valence-corrected chi connectivity index (χ0v) is 18.9. The van der Waals surface area contributed by atoms with Crippen molar-refractivity contribution in [1.82, 2.24) is 24.7 Å². The van der Waals surface area contributed by atoms with Gasteiger partial charge in [0.25, 0.3) is 0 Å². The van der Waals surface area contributed by atoms with Gasteiger partial charge in [0, 0.05) is 42.0 Å². The maximum atomic E-state index is 6.62. The lowest BCUT2D eigenvalue weighted by atomic mass is 10.1. The first kappa shape index (κ1) is 20.7. The van der Waals surface area contributed by atoms with Crippen molar-refractivity contribution in [2.45, 2.75) is 5.16 Å². The van der Waals surface area contributed by atoms with Gasteiger partial charge in [-0.05, 0) is 12.3 Å². The third kappa shape index (κ3) is 3.55. The van der Waals surface area contributed by atoms with Crippen molar-refractivity contribution in [3.63, 3.8) is 0 Å². The maximum absolute atomic E-state index is 6.62. The molecule has 0 atom stereocenters. The number of nitrogens with zero attached hydrogens (tertiary/aromatic N) is 5. The number of hydrogen-bond donors (Lipinski definition) is 0. The van der Waals surface area contributed by atoms with Crippen molar-refractivity contribution >= 4 is 45.9 Å². The number of halogens is 2. The molecule has 3 aromatic heterocycles. The van der Waals surface area contributed by atoms with Crippen LogP contribution in [0.4, 0.5) is 0 Å². The molecule has 30 heavy (non-hydrogen) atoms. The Balaban J connectivity index is 2.07. The summed E-state index contributed by atoms with van der Waals surface area (Å²) in [4.78, 5) is 13.9. The summed E-state index contributed by atoms with van der Waals surface area (Å²) in [6.07, 6.45) is 7.30. The highest BCUT2D eigenvalue weighted by molar-refractivity contribution is 7.98. The van der Waals surface area contributed by atoms with Gasteiger partial charge >= 0.3 is 0 Å². The molecule has 0 bridgehead atoms. The first-order chi connectivity index (χ1) is 14.5. The molecule has 7 nitrogen and oxygen atoms in total. The molecule has 0 saturated heterocycles. The molecule has 0 fully saturated rings. The van der Waals surface area contributed by atoms with Crippen LogP contribution in [0.1, 0.15) is 0 Å². The highest BCUT2D eigenvalue weighted by atomic mass is 35.5. The summed E-state index contributed by atoms with van der Waals surface area (Å²) in [6.45, 7) is 0. The van der Waals surface area contributed by atoms with Crippen molar-refractivity contribution in [2.24, 2.45) is 7.05 Å². The Morgan fingerprint density at radius 3 is 2.27 bits per heavy atom. The van der Waals surface area contributed by atoms with E-state index >= 15 is 0 Å². The van der Waals surface area contributed by atoms with Crippen LogP contribution in [0.5, 0.6) is 11.5 Å². The molecule has 0 spiro atoms. The van der Waals surface area contributed by atoms with Crippen LogP contribution < -0.4 is 9.47 Å². The van der Waals surface area contributed by atoms with Crippen molar-refractivity contribution < 1.29 is 9.47 Å². The van der Waals surface area contributed by atoms with Gasteiger partial charge in [0.15, 0.2) is 5.16 Å². The van der Waals surface area contributed by atoms with Gasteiger partial charge in [-0.15, -0.1) is 0 Å². The molecule has 0 unspecified atom stereocenters. The van der Waals surface area contributed by atoms with Gasteiger partial charge in [-0.25, -0.2) is 15.0 Å². The van der Waals surface area contributed by atoms with E-state index in [1.165, 1.54) is 26.0 Å². The molecule has 0 amide bonds. The Kier molecular flexibility index (Phi) is 5.73. The van der Waals surface area contributed by atoms with Crippen molar-refractivity contribution in [3.05, 3.63) is 40.8 Å². The van der Waals surface area contributed by atoms with Gasteiger partial charge in [-0.2, -0.15) is 5.10 Å². The standard InChI is InChI=1S/C20H17Cl2N5O2S/c1-27-9-11(8-24-27)19-18-10(7-23-20(26-18)30-4)5-12(25-19)15-16(21)13(28-2)6-14(29-3)17(15)22/h5-9H,1-4H3. The summed E-state index contributed by atoms with van der Waals surface area (Å²) in [5, 5.41) is 6.40. The first-order valence-corrected chi connectivity index (χ1v) is 10.8. The molecule has 4 rings (SSSR count). The number of rotatable bonds is 5. The zero-order valence-electron chi connectivity index (χ0n) is 16.6. The van der Waals surface area contributed by atoms with E-state index in [2.05, 4.69) is 15.1 Å². The number of thioether (sulfide) groups is 1. The molecule has 0 aliphatic carbocycles. The van der Waals surface area contributed by atoms with E-state index in [9.17, 15) is 0 Å². The molecule has 0 N–H and O–H groups in total. The lowest BCUT2D eigenvalue weighted by Crippen LogP contribution is -1.98. The predicted molar refractivity (Wildman–Crippen MR) is 120 cm³/mol. The molecule has 4 aromatic rings. The predicted octanol–water partition coefficient (Wildman–Crippen LogP) is 5.14. The fraction of sp³-hybridized carbons (Fsp3) is 0.200. The average Bonchev–Trinajstić information content (AvgIpc) is 3.19. The van der Waals surface area contributed by atoms with Crippen molar-refractivity contribution in [1.29, 1.82) is 0 Å². The quantitative estimate of drug-likeness (QED) is 0.300. The molecule has 154 valence electrons. The zero-order chi connectivity index (χ0) is 21.4. The molecule has 10 heteroatoms. The molecule has 1 aromatic carbocycles. The van der Waals surface area contributed by atoms with Crippen molar-refractivity contribution in [2.75, 3.05) is 20.5 Å². The fourth-order valence-electron chi connectivity index (χ4n) is 3.10. The van der Waals surface area contributed by atoms with E-state index in [0.29, 0.717) is 49.2 Å². The van der Waals surface area contributed by atoms with Gasteiger partial charge in [0.2, 0.25) is 0 Å². The second-order valence-corrected chi connectivity index (χ2v) is 7.87. The average molecular weight is 462 g/mol. The Morgan fingerprint density at radius 1 is 1.00 bits per heavy atom. The van der Waals surface area contributed by atoms with E-state index in [4.69, 9.17) is 37.7 Å². The lowest BCUT2D eigenvalue weighted by Gasteiger charge is -2.15. The monoisotopic (exact) mass is 461 g/mol. The Hall–Kier alpha value is -2.55. The van der Waals surface area contributed by atoms with Gasteiger partial charge in [-0.3, -0.25) is 4.68 Å². The third-order valence-corrected chi connectivity index (χ3v) is 5.85. The van der Waals surface area contributed by atoms with E-state index in [0.717, 1.165) is 10.9 Å². The number of fused-ring (bicyclic) bond motifs is 1. The highest BCUT2D eigenvalue weighted by Gasteiger charge is 2.22. The number of aryl methyl sites for hydroxylation is 1. The molecule has 0 radical (unpaired) electrons. The Labute approximate surface area is 187 Å². The number of aromatic nitrogens is 5. The van der Waals surface area contributed by atoms with Crippen molar-refractivity contribution in [3.8, 4) is 34.0 Å². The first-order valence-electron chi connectivity index (χ1n) is 8.78. The highest BCUT2D eigenvalue weighted by Crippen LogP contribution is 2.46. The van der Waals surface area contributed by atoms with Crippen LogP contribution in [0, 0.1) is 0 Å². The molecule has 0 saturated carbocycles. The normalized spacial score (nSPS) is 11.1. The topological polar surface area (TPSA) is 75.0 Å². The van der Waals surface area contributed by atoms with E-state index in [1.54, 1.807) is 23.1 Å². The van der Waals surface area contributed by atoms with Crippen LogP contribution in [0.3, 0.4) is 0 Å². The van der Waals surface area contributed by atoms with Crippen LogP contribution in [0.25, 0.3) is 33.4 Å². The summed E-state index contributed by atoms with van der Waals surface area (Å²) < 4.78 is 12.5. The number of pyridine rings is 1. The van der Waals surface area contributed by atoms with Gasteiger partial charge in [-0.1, -0.05) is 35.0 Å². The summed E-state index contributed by atoms with van der Waals surface area (Å²) in [5.41, 5.74) is 3.25. The molecular weight excluding hydrogens is 445 g/mol. The third-order valence-electron chi connectivity index (χ3n) is 4.53. The maximum Gasteiger partial charge on any atom is 0.187 e. The number of benzene rings is 1. The van der Waals surface area contributed by atoms with Gasteiger partial charge in [0.05, 0.1) is 36.2 Å². The Bertz CT molecular complexity index is 1230. The summed E-state index contributed by atoms with van der Waals surface area (Å²) in [5.74, 6) is 0.874. The number of ether oxygens (including phenoxy) is 2. The van der Waals surface area contributed by atoms with E-state index in [-0.39, 0.29) is 0 Å². The van der Waals surface area contributed by atoms with E-state index in [1.807, 2.05) is 25.6 Å². The molecular formula is C20H17Cl2N5O2S. The summed E-state index contributed by atoms with van der Waals surface area (Å²) in [6, 6.07) is 3.50. The second-order valence-electron chi connectivity index (χ2n) is 6.34. The minimum Gasteiger partial charge on any atom is -0.495 e. The van der Waals surface area contributed by atoms with Gasteiger partial charge < -0.3 is 9.47 Å². The summed E-state index contributed by atoms with van der Waals surface area (Å²) >= 11 is 14.7. The Morgan fingerprint density at radius 2 is 1.70 bits per heavy atom. The van der Waals surface area contributed by atoms with Crippen LogP contribution in [-0.4, -0.2) is 45.2 Å². The van der Waals surface area contributed by atoms with Gasteiger partial charge in [0.1, 0.15) is 22.7 Å². The van der Waals surface area contributed by atoms with Crippen LogP contribution >= 0.6 is 35.0 Å². The number of methoxy groups -OCH3 is 2.